The second-order valence-corrected chi connectivity index (χ2v) is 5.99. The van der Waals surface area contributed by atoms with Gasteiger partial charge in [0.25, 0.3) is 0 Å². The fraction of sp³-hybridized carbons (Fsp3) is 0.286. The molecule has 1 aromatic heterocycles. The molecule has 20 heavy (non-hydrogen) atoms. The highest BCUT2D eigenvalue weighted by atomic mass is 79.9. The molecule has 106 valence electrons. The van der Waals surface area contributed by atoms with Crippen molar-refractivity contribution in [3.63, 3.8) is 0 Å². The smallest absolute Gasteiger partial charge is 0.238 e. The van der Waals surface area contributed by atoms with Crippen molar-refractivity contribution < 1.29 is 4.74 Å². The van der Waals surface area contributed by atoms with Crippen LogP contribution in [0.15, 0.2) is 33.5 Å². The molecule has 1 aromatic carbocycles. The first kappa shape index (κ1) is 15.3. The highest BCUT2D eigenvalue weighted by molar-refractivity contribution is 9.11. The van der Waals surface area contributed by atoms with Gasteiger partial charge in [-0.25, -0.2) is 9.97 Å². The van der Waals surface area contributed by atoms with Crippen LogP contribution in [0.5, 0.6) is 11.6 Å². The number of hydrogen-bond acceptors (Lipinski definition) is 4. The lowest BCUT2D eigenvalue weighted by atomic mass is 10.2. The van der Waals surface area contributed by atoms with Crippen LogP contribution in [-0.4, -0.2) is 16.5 Å². The number of rotatable bonds is 5. The summed E-state index contributed by atoms with van der Waals surface area (Å²) < 4.78 is 7.61. The summed E-state index contributed by atoms with van der Waals surface area (Å²) in [7, 11) is 0. The van der Waals surface area contributed by atoms with Crippen molar-refractivity contribution in [3.8, 4) is 11.6 Å². The molecule has 1 heterocycles. The SMILES string of the molecule is CCCNc1ncnc(Oc2ccc(Br)cc2C)c1Br. The minimum Gasteiger partial charge on any atom is -0.437 e. The van der Waals surface area contributed by atoms with Crippen LogP contribution in [0.3, 0.4) is 0 Å². The highest BCUT2D eigenvalue weighted by Crippen LogP contribution is 2.33. The van der Waals surface area contributed by atoms with Crippen molar-refractivity contribution in [2.24, 2.45) is 0 Å². The molecule has 4 nitrogen and oxygen atoms in total. The third kappa shape index (κ3) is 3.70. The van der Waals surface area contributed by atoms with Crippen molar-refractivity contribution >= 4 is 37.7 Å². The van der Waals surface area contributed by atoms with E-state index in [4.69, 9.17) is 4.74 Å². The normalized spacial score (nSPS) is 10.4. The molecule has 0 atom stereocenters. The number of aryl methyl sites for hydroxylation is 1. The lowest BCUT2D eigenvalue weighted by molar-refractivity contribution is 0.455. The number of nitrogens with zero attached hydrogens (tertiary/aromatic N) is 2. The summed E-state index contributed by atoms with van der Waals surface area (Å²) in [6, 6.07) is 5.85. The van der Waals surface area contributed by atoms with Crippen molar-refractivity contribution in [2.75, 3.05) is 11.9 Å². The molecule has 0 unspecified atom stereocenters. The lowest BCUT2D eigenvalue weighted by Crippen LogP contribution is -2.04. The minimum absolute atomic E-state index is 0.504. The lowest BCUT2D eigenvalue weighted by Gasteiger charge is -2.12. The molecule has 2 rings (SSSR count). The average molecular weight is 401 g/mol. The van der Waals surface area contributed by atoms with E-state index in [1.807, 2.05) is 25.1 Å². The fourth-order valence-electron chi connectivity index (χ4n) is 1.62. The third-order valence-corrected chi connectivity index (χ3v) is 3.85. The van der Waals surface area contributed by atoms with Crippen LogP contribution in [0.1, 0.15) is 18.9 Å². The average Bonchev–Trinajstić information content (AvgIpc) is 2.42. The second-order valence-electron chi connectivity index (χ2n) is 4.28. The highest BCUT2D eigenvalue weighted by Gasteiger charge is 2.11. The first-order valence-electron chi connectivity index (χ1n) is 6.30. The van der Waals surface area contributed by atoms with Gasteiger partial charge in [-0.15, -0.1) is 0 Å². The van der Waals surface area contributed by atoms with Gasteiger partial charge in [-0.05, 0) is 53.0 Å². The second kappa shape index (κ2) is 7.04. The van der Waals surface area contributed by atoms with E-state index in [9.17, 15) is 0 Å². The summed E-state index contributed by atoms with van der Waals surface area (Å²) in [5.74, 6) is 2.02. The summed E-state index contributed by atoms with van der Waals surface area (Å²) in [4.78, 5) is 8.37. The van der Waals surface area contributed by atoms with Crippen molar-refractivity contribution in [1.29, 1.82) is 0 Å². The van der Waals surface area contributed by atoms with E-state index in [-0.39, 0.29) is 0 Å². The van der Waals surface area contributed by atoms with E-state index >= 15 is 0 Å². The topological polar surface area (TPSA) is 47.0 Å². The van der Waals surface area contributed by atoms with Gasteiger partial charge in [0.1, 0.15) is 22.4 Å². The van der Waals surface area contributed by atoms with E-state index in [2.05, 4.69) is 54.1 Å². The molecule has 0 bridgehead atoms. The van der Waals surface area contributed by atoms with E-state index in [1.165, 1.54) is 6.33 Å². The van der Waals surface area contributed by atoms with E-state index in [0.29, 0.717) is 5.88 Å². The van der Waals surface area contributed by atoms with Gasteiger partial charge >= 0.3 is 0 Å². The van der Waals surface area contributed by atoms with Gasteiger partial charge in [0.15, 0.2) is 0 Å². The number of benzene rings is 1. The van der Waals surface area contributed by atoms with Gasteiger partial charge in [-0.3, -0.25) is 0 Å². The van der Waals surface area contributed by atoms with E-state index in [0.717, 1.165) is 39.0 Å². The maximum atomic E-state index is 5.86. The largest absolute Gasteiger partial charge is 0.437 e. The first-order chi connectivity index (χ1) is 9.61. The maximum Gasteiger partial charge on any atom is 0.238 e. The maximum absolute atomic E-state index is 5.86. The Morgan fingerprint density at radius 1 is 1.25 bits per heavy atom. The van der Waals surface area contributed by atoms with Gasteiger partial charge in [-0.1, -0.05) is 22.9 Å². The van der Waals surface area contributed by atoms with E-state index in [1.54, 1.807) is 0 Å². The van der Waals surface area contributed by atoms with Gasteiger partial charge in [0, 0.05) is 11.0 Å². The Morgan fingerprint density at radius 3 is 2.75 bits per heavy atom. The number of ether oxygens (including phenoxy) is 1. The fourth-order valence-corrected chi connectivity index (χ4v) is 2.52. The summed E-state index contributed by atoms with van der Waals surface area (Å²) in [6.07, 6.45) is 2.52. The monoisotopic (exact) mass is 399 g/mol. The van der Waals surface area contributed by atoms with Gasteiger partial charge < -0.3 is 10.1 Å². The van der Waals surface area contributed by atoms with Crippen molar-refractivity contribution in [1.82, 2.24) is 9.97 Å². The van der Waals surface area contributed by atoms with Crippen LogP contribution in [0.2, 0.25) is 0 Å². The van der Waals surface area contributed by atoms with Crippen LogP contribution in [-0.2, 0) is 0 Å². The zero-order valence-electron chi connectivity index (χ0n) is 11.3. The van der Waals surface area contributed by atoms with Gasteiger partial charge in [-0.2, -0.15) is 0 Å². The quantitative estimate of drug-likeness (QED) is 0.773. The van der Waals surface area contributed by atoms with Crippen molar-refractivity contribution in [2.45, 2.75) is 20.3 Å². The molecular weight excluding hydrogens is 386 g/mol. The molecule has 6 heteroatoms. The minimum atomic E-state index is 0.504. The molecule has 0 radical (unpaired) electrons. The van der Waals surface area contributed by atoms with Gasteiger partial charge in [0.05, 0.1) is 0 Å². The van der Waals surface area contributed by atoms with Crippen LogP contribution < -0.4 is 10.1 Å². The molecule has 0 spiro atoms. The number of nitrogens with one attached hydrogen (secondary N) is 1. The molecule has 0 saturated heterocycles. The third-order valence-electron chi connectivity index (χ3n) is 2.64. The zero-order valence-corrected chi connectivity index (χ0v) is 14.5. The van der Waals surface area contributed by atoms with Crippen molar-refractivity contribution in [3.05, 3.63) is 39.0 Å². The Labute approximate surface area is 135 Å². The molecule has 1 N–H and O–H groups in total. The Morgan fingerprint density at radius 2 is 2.05 bits per heavy atom. The molecule has 0 aliphatic carbocycles. The molecule has 0 aliphatic heterocycles. The predicted octanol–water partition coefficient (Wildman–Crippen LogP) is 4.92. The molecule has 0 saturated carbocycles. The molecule has 0 aliphatic rings. The van der Waals surface area contributed by atoms with E-state index < -0.39 is 0 Å². The predicted molar refractivity (Wildman–Crippen MR) is 87.5 cm³/mol. The molecule has 0 amide bonds. The molecular formula is C14H15Br2N3O. The van der Waals surface area contributed by atoms with Crippen LogP contribution >= 0.6 is 31.9 Å². The summed E-state index contributed by atoms with van der Waals surface area (Å²) >= 11 is 6.92. The number of hydrogen-bond donors (Lipinski definition) is 1. The van der Waals surface area contributed by atoms with Crippen LogP contribution in [0.4, 0.5) is 5.82 Å². The molecule has 2 aromatic rings. The molecule has 0 fully saturated rings. The Hall–Kier alpha value is -1.14. The number of halogens is 2. The van der Waals surface area contributed by atoms with Crippen LogP contribution in [0, 0.1) is 6.92 Å². The zero-order chi connectivity index (χ0) is 14.5. The summed E-state index contributed by atoms with van der Waals surface area (Å²) in [5.41, 5.74) is 1.04. The van der Waals surface area contributed by atoms with Gasteiger partial charge in [0.2, 0.25) is 5.88 Å². The Balaban J connectivity index is 2.24. The Kier molecular flexibility index (Phi) is 5.37. The number of anilines is 1. The summed E-state index contributed by atoms with van der Waals surface area (Å²) in [6.45, 7) is 4.95. The first-order valence-corrected chi connectivity index (χ1v) is 7.88. The Bertz CT molecular complexity index is 605. The van der Waals surface area contributed by atoms with Crippen LogP contribution in [0.25, 0.3) is 0 Å². The number of aromatic nitrogens is 2. The summed E-state index contributed by atoms with van der Waals surface area (Å²) in [5, 5.41) is 3.23. The standard InChI is InChI=1S/C14H15Br2N3O/c1-3-6-17-13-12(16)14(19-8-18-13)20-11-5-4-10(15)7-9(11)2/h4-5,7-8H,3,6H2,1-2H3,(H,17,18,19).